The molecule has 0 spiro atoms. The predicted octanol–water partition coefficient (Wildman–Crippen LogP) is 2.77. The molecule has 1 amide bonds. The van der Waals surface area contributed by atoms with Crippen LogP contribution in [0.3, 0.4) is 0 Å². The van der Waals surface area contributed by atoms with E-state index in [-0.39, 0.29) is 11.9 Å². The topological polar surface area (TPSA) is 57.7 Å². The number of carbonyl (C=O) groups is 1. The Hall–Kier alpha value is -1.38. The normalized spacial score (nSPS) is 18.9. The second kappa shape index (κ2) is 8.16. The van der Waals surface area contributed by atoms with Crippen LogP contribution in [0.4, 0.5) is 0 Å². The van der Waals surface area contributed by atoms with E-state index in [2.05, 4.69) is 14.8 Å². The van der Waals surface area contributed by atoms with Crippen molar-refractivity contribution in [2.75, 3.05) is 19.6 Å². The summed E-state index contributed by atoms with van der Waals surface area (Å²) in [6.45, 7) is 2.96. The molecule has 1 heterocycles. The summed E-state index contributed by atoms with van der Waals surface area (Å²) >= 11 is -2.22. The van der Waals surface area contributed by atoms with Crippen molar-refractivity contribution < 1.29 is 13.2 Å². The Morgan fingerprint density at radius 2 is 1.57 bits per heavy atom. The summed E-state index contributed by atoms with van der Waals surface area (Å²) < 4.78 is 29.1. The third-order valence-electron chi connectivity index (χ3n) is 5.20. The first-order chi connectivity index (χ1) is 13.1. The van der Waals surface area contributed by atoms with Crippen LogP contribution in [0.2, 0.25) is 14.8 Å². The standard InChI is InChI=1S/C18H19N2O3S.3CH3.Sn/c1-15-14-19(18(21)16-8-4-2-5-9-16)12-13-20(15)24(22,23)17-10-6-3-7-11-17;;;;/h2,4-11,15H,12-14H2,1H3;3*1H3;. The summed E-state index contributed by atoms with van der Waals surface area (Å²) in [4.78, 5) is 21.7. The van der Waals surface area contributed by atoms with Crippen molar-refractivity contribution in [3.8, 4) is 0 Å². The molecule has 1 unspecified atom stereocenters. The minimum atomic E-state index is -3.57. The molecule has 0 aliphatic carbocycles. The van der Waals surface area contributed by atoms with E-state index in [1.807, 2.05) is 37.3 Å². The van der Waals surface area contributed by atoms with Crippen molar-refractivity contribution in [3.05, 3.63) is 60.2 Å². The summed E-state index contributed by atoms with van der Waals surface area (Å²) in [5.41, 5.74) is 0.634. The molecule has 150 valence electrons. The second-order valence-electron chi connectivity index (χ2n) is 8.36. The van der Waals surface area contributed by atoms with Gasteiger partial charge in [0.25, 0.3) is 0 Å². The van der Waals surface area contributed by atoms with E-state index >= 15 is 0 Å². The number of benzene rings is 2. The zero-order chi connectivity index (χ0) is 20.5. The number of rotatable bonds is 4. The molecule has 1 saturated heterocycles. The maximum atomic E-state index is 13.1. The number of carbonyl (C=O) groups excluding carboxylic acids is 1. The number of amides is 1. The molecule has 1 atom stereocenters. The average molecular weight is 507 g/mol. The summed E-state index contributed by atoms with van der Waals surface area (Å²) in [5.74, 6) is -0.0495. The number of piperazine rings is 1. The Balaban J connectivity index is 1.75. The molecule has 1 aliphatic heterocycles. The fourth-order valence-electron chi connectivity index (χ4n) is 3.51. The van der Waals surface area contributed by atoms with Crippen LogP contribution in [0.5, 0.6) is 0 Å². The molecule has 2 aromatic rings. The fraction of sp³-hybridized carbons (Fsp3) is 0.381. The van der Waals surface area contributed by atoms with E-state index in [0.29, 0.717) is 30.1 Å². The Kier molecular flexibility index (Phi) is 6.22. The van der Waals surface area contributed by atoms with Gasteiger partial charge in [-0.15, -0.1) is 0 Å². The van der Waals surface area contributed by atoms with Crippen LogP contribution in [-0.4, -0.2) is 67.6 Å². The first kappa shape index (κ1) is 21.3. The van der Waals surface area contributed by atoms with E-state index in [1.165, 1.54) is 7.88 Å². The minimum absolute atomic E-state index is 0.0495. The molecule has 0 bridgehead atoms. The van der Waals surface area contributed by atoms with Gasteiger partial charge in [-0.1, -0.05) is 18.2 Å². The van der Waals surface area contributed by atoms with Crippen molar-refractivity contribution in [1.29, 1.82) is 0 Å². The van der Waals surface area contributed by atoms with Gasteiger partial charge in [-0.25, -0.2) is 0 Å². The fourth-order valence-corrected chi connectivity index (χ4v) is 8.45. The van der Waals surface area contributed by atoms with Crippen molar-refractivity contribution in [2.24, 2.45) is 0 Å². The maximum absolute atomic E-state index is 13.1. The molecule has 1 aliphatic rings. The molecule has 0 saturated carbocycles. The number of hydrogen-bond donors (Lipinski definition) is 0. The van der Waals surface area contributed by atoms with Crippen LogP contribution < -0.4 is 3.58 Å². The van der Waals surface area contributed by atoms with Crippen LogP contribution in [0.15, 0.2) is 59.5 Å². The summed E-state index contributed by atoms with van der Waals surface area (Å²) in [6, 6.07) is 16.3. The molecule has 0 N–H and O–H groups in total. The molecule has 7 heteroatoms. The zero-order valence-electron chi connectivity index (χ0n) is 16.9. The van der Waals surface area contributed by atoms with Crippen LogP contribution in [0.1, 0.15) is 17.3 Å². The van der Waals surface area contributed by atoms with Gasteiger partial charge in [0, 0.05) is 0 Å². The molecule has 2 aromatic carbocycles. The van der Waals surface area contributed by atoms with Crippen LogP contribution in [-0.2, 0) is 10.0 Å². The van der Waals surface area contributed by atoms with Gasteiger partial charge in [-0.3, -0.25) is 0 Å². The monoisotopic (exact) mass is 508 g/mol. The Morgan fingerprint density at radius 3 is 2.11 bits per heavy atom. The van der Waals surface area contributed by atoms with Gasteiger partial charge in [0.2, 0.25) is 0 Å². The summed E-state index contributed by atoms with van der Waals surface area (Å²) in [6.07, 6.45) is 0. The zero-order valence-corrected chi connectivity index (χ0v) is 20.6. The Morgan fingerprint density at radius 1 is 0.964 bits per heavy atom. The van der Waals surface area contributed by atoms with E-state index in [0.717, 1.165) is 0 Å². The Bertz CT molecular complexity index is 938. The van der Waals surface area contributed by atoms with Gasteiger partial charge < -0.3 is 0 Å². The van der Waals surface area contributed by atoms with Gasteiger partial charge >= 0.3 is 155 Å². The average Bonchev–Trinajstić information content (AvgIpc) is 2.67. The number of nitrogens with zero attached hydrogens (tertiary/aromatic N) is 2. The van der Waals surface area contributed by atoms with Gasteiger partial charge in [-0.2, -0.15) is 0 Å². The van der Waals surface area contributed by atoms with E-state index < -0.39 is 28.4 Å². The van der Waals surface area contributed by atoms with Crippen molar-refractivity contribution in [2.45, 2.75) is 32.7 Å². The van der Waals surface area contributed by atoms with E-state index in [9.17, 15) is 13.2 Å². The summed E-state index contributed by atoms with van der Waals surface area (Å²) in [7, 11) is -3.57. The third-order valence-corrected chi connectivity index (χ3v) is 13.1. The van der Waals surface area contributed by atoms with Crippen LogP contribution >= 0.6 is 0 Å². The summed E-state index contributed by atoms with van der Waals surface area (Å²) in [5, 5.41) is 0. The van der Waals surface area contributed by atoms with Crippen molar-refractivity contribution in [1.82, 2.24) is 9.21 Å². The molecular formula is C21H28N2O3SSn. The molecule has 5 nitrogen and oxygen atoms in total. The SMILES string of the molecule is CC1CN(C(=O)c2ccccc2)CCN1S(=O)(=O)c1cc[c]([Sn]([CH3])([CH3])[CH3])cc1. The van der Waals surface area contributed by atoms with E-state index in [4.69, 9.17) is 0 Å². The molecule has 0 aromatic heterocycles. The molecule has 28 heavy (non-hydrogen) atoms. The van der Waals surface area contributed by atoms with Gasteiger partial charge in [-0.05, 0) is 0 Å². The van der Waals surface area contributed by atoms with Crippen LogP contribution in [0, 0.1) is 0 Å². The van der Waals surface area contributed by atoms with Gasteiger partial charge in [0.1, 0.15) is 0 Å². The van der Waals surface area contributed by atoms with Gasteiger partial charge in [0.05, 0.1) is 0 Å². The van der Waals surface area contributed by atoms with Crippen LogP contribution in [0.25, 0.3) is 0 Å². The first-order valence-corrected chi connectivity index (χ1v) is 21.0. The van der Waals surface area contributed by atoms with E-state index in [1.54, 1.807) is 29.2 Å². The molecular weight excluding hydrogens is 479 g/mol. The molecule has 3 rings (SSSR count). The Labute approximate surface area is 172 Å². The quantitative estimate of drug-likeness (QED) is 0.599. The second-order valence-corrected chi connectivity index (χ2v) is 24.7. The predicted molar refractivity (Wildman–Crippen MR) is 115 cm³/mol. The third kappa shape index (κ3) is 4.44. The van der Waals surface area contributed by atoms with Crippen molar-refractivity contribution in [3.63, 3.8) is 0 Å². The number of hydrogen-bond acceptors (Lipinski definition) is 3. The van der Waals surface area contributed by atoms with Crippen molar-refractivity contribution >= 4 is 37.9 Å². The van der Waals surface area contributed by atoms with Gasteiger partial charge in [0.15, 0.2) is 0 Å². The molecule has 0 radical (unpaired) electrons. The molecule has 1 fully saturated rings. The number of sulfonamides is 1. The first-order valence-electron chi connectivity index (χ1n) is 9.57.